The van der Waals surface area contributed by atoms with Crippen molar-refractivity contribution in [2.75, 3.05) is 12.3 Å². The fraction of sp³-hybridized carbons (Fsp3) is 0.481. The molecule has 2 aliphatic rings. The quantitative estimate of drug-likeness (QED) is 0.369. The van der Waals surface area contributed by atoms with Crippen LogP contribution in [0.15, 0.2) is 53.7 Å². The molecule has 8 heteroatoms. The Morgan fingerprint density at radius 1 is 1.11 bits per heavy atom. The number of hydrogen-bond donors (Lipinski definition) is 0. The number of amides is 1. The molecule has 0 spiro atoms. The Bertz CT molecular complexity index is 1250. The average molecular weight is 502 g/mol. The van der Waals surface area contributed by atoms with Crippen LogP contribution < -0.4 is 0 Å². The molecule has 1 aliphatic heterocycles. The van der Waals surface area contributed by atoms with Gasteiger partial charge in [-0.15, -0.1) is 0 Å². The van der Waals surface area contributed by atoms with Crippen molar-refractivity contribution in [1.29, 1.82) is 0 Å². The maximum atomic E-state index is 13.3. The molecular weight excluding hydrogens is 471 g/mol. The number of hydrogen-bond acceptors (Lipinski definition) is 3. The molecule has 0 N–H and O–H groups in total. The van der Waals surface area contributed by atoms with Gasteiger partial charge >= 0.3 is 6.18 Å². The molecule has 1 saturated carbocycles. The highest BCUT2D eigenvalue weighted by molar-refractivity contribution is 7.99. The molecule has 1 aromatic heterocycles. The SMILES string of the molecule is CC1(C)CC2CC(C)(CN2C(=O)CSc2nc3cc(C(F)(F)F)ccc3n2Cc2ccccc2)C1. The average Bonchev–Trinajstić information content (AvgIpc) is 3.24. The number of aromatic nitrogens is 2. The number of benzene rings is 2. The van der Waals surface area contributed by atoms with E-state index in [1.54, 1.807) is 0 Å². The number of fused-ring (bicyclic) bond motifs is 3. The van der Waals surface area contributed by atoms with Gasteiger partial charge in [0.2, 0.25) is 5.91 Å². The van der Waals surface area contributed by atoms with Crippen molar-refractivity contribution in [2.24, 2.45) is 10.8 Å². The number of alkyl halides is 3. The normalized spacial score (nSPS) is 23.7. The Kier molecular flexibility index (Phi) is 5.93. The lowest BCUT2D eigenvalue weighted by atomic mass is 9.65. The number of likely N-dealkylation sites (tertiary alicyclic amines) is 1. The number of thioether (sulfide) groups is 1. The number of nitrogens with zero attached hydrogens (tertiary/aromatic N) is 3. The van der Waals surface area contributed by atoms with Gasteiger partial charge in [-0.2, -0.15) is 13.2 Å². The Hall–Kier alpha value is -2.48. The van der Waals surface area contributed by atoms with Crippen LogP contribution in [-0.2, 0) is 17.5 Å². The van der Waals surface area contributed by atoms with Gasteiger partial charge in [0.1, 0.15) is 0 Å². The van der Waals surface area contributed by atoms with Crippen LogP contribution in [0.2, 0.25) is 0 Å². The lowest BCUT2D eigenvalue weighted by molar-refractivity contribution is -0.137. The van der Waals surface area contributed by atoms with E-state index in [0.29, 0.717) is 17.2 Å². The molecule has 2 bridgehead atoms. The Morgan fingerprint density at radius 3 is 2.57 bits per heavy atom. The molecule has 1 amide bonds. The number of imidazole rings is 1. The first-order chi connectivity index (χ1) is 16.4. The second kappa shape index (κ2) is 8.57. The van der Waals surface area contributed by atoms with Crippen molar-refractivity contribution < 1.29 is 18.0 Å². The van der Waals surface area contributed by atoms with Gasteiger partial charge in [0, 0.05) is 12.6 Å². The molecule has 1 aliphatic carbocycles. The Morgan fingerprint density at radius 2 is 1.86 bits per heavy atom. The third-order valence-corrected chi connectivity index (χ3v) is 8.25. The third kappa shape index (κ3) is 4.95. The molecule has 2 aromatic carbocycles. The molecule has 2 fully saturated rings. The largest absolute Gasteiger partial charge is 0.416 e. The fourth-order valence-corrected chi connectivity index (χ4v) is 7.17. The minimum absolute atomic E-state index is 0.0794. The molecule has 3 aromatic rings. The van der Waals surface area contributed by atoms with E-state index in [0.717, 1.165) is 43.5 Å². The highest BCUT2D eigenvalue weighted by Gasteiger charge is 2.50. The van der Waals surface area contributed by atoms with Crippen molar-refractivity contribution in [3.8, 4) is 0 Å². The van der Waals surface area contributed by atoms with Crippen LogP contribution in [0.1, 0.15) is 51.2 Å². The predicted molar refractivity (Wildman–Crippen MR) is 132 cm³/mol. The van der Waals surface area contributed by atoms with E-state index < -0.39 is 11.7 Å². The van der Waals surface area contributed by atoms with Gasteiger partial charge < -0.3 is 9.47 Å². The molecule has 2 heterocycles. The van der Waals surface area contributed by atoms with E-state index >= 15 is 0 Å². The standard InChI is InChI=1S/C27H30F3N3OS/c1-25(2)12-20-13-26(3,16-25)17-33(20)23(34)15-35-24-31-21-11-19(27(28,29)30)9-10-22(21)32(24)14-18-7-5-4-6-8-18/h4-11,20H,12-17H2,1-3H3. The molecule has 4 nitrogen and oxygen atoms in total. The topological polar surface area (TPSA) is 38.1 Å². The van der Waals surface area contributed by atoms with E-state index in [-0.39, 0.29) is 34.0 Å². The molecular formula is C27H30F3N3OS. The number of halogens is 3. The fourth-order valence-electron chi connectivity index (χ4n) is 6.27. The van der Waals surface area contributed by atoms with Crippen molar-refractivity contribution in [3.05, 3.63) is 59.7 Å². The van der Waals surface area contributed by atoms with Gasteiger partial charge in [-0.1, -0.05) is 62.9 Å². The van der Waals surface area contributed by atoms with E-state index in [1.807, 2.05) is 39.8 Å². The number of carbonyl (C=O) groups is 1. The zero-order valence-corrected chi connectivity index (χ0v) is 21.0. The molecule has 186 valence electrons. The second-order valence-electron chi connectivity index (χ2n) is 11.2. The maximum Gasteiger partial charge on any atom is 0.416 e. The summed E-state index contributed by atoms with van der Waals surface area (Å²) >= 11 is 1.31. The number of carbonyl (C=O) groups excluding carboxylic acids is 1. The predicted octanol–water partition coefficient (Wildman–Crippen LogP) is 6.62. The zero-order chi connectivity index (χ0) is 25.0. The summed E-state index contributed by atoms with van der Waals surface area (Å²) in [5.41, 5.74) is 1.59. The number of rotatable bonds is 5. The summed E-state index contributed by atoms with van der Waals surface area (Å²) in [6.45, 7) is 8.08. The minimum atomic E-state index is -4.43. The van der Waals surface area contributed by atoms with Crippen LogP contribution in [0, 0.1) is 10.8 Å². The van der Waals surface area contributed by atoms with Crippen LogP contribution in [0.25, 0.3) is 11.0 Å². The first-order valence-corrected chi connectivity index (χ1v) is 12.9. The van der Waals surface area contributed by atoms with Crippen LogP contribution >= 0.6 is 11.8 Å². The van der Waals surface area contributed by atoms with Crippen molar-refractivity contribution >= 4 is 28.7 Å². The van der Waals surface area contributed by atoms with Crippen molar-refractivity contribution in [3.63, 3.8) is 0 Å². The van der Waals surface area contributed by atoms with E-state index in [2.05, 4.69) is 25.8 Å². The summed E-state index contributed by atoms with van der Waals surface area (Å²) in [7, 11) is 0. The van der Waals surface area contributed by atoms with Crippen LogP contribution in [0.4, 0.5) is 13.2 Å². The highest BCUT2D eigenvalue weighted by atomic mass is 32.2. The van der Waals surface area contributed by atoms with Gasteiger partial charge in [0.05, 0.1) is 28.9 Å². The maximum absolute atomic E-state index is 13.3. The smallest absolute Gasteiger partial charge is 0.338 e. The summed E-state index contributed by atoms with van der Waals surface area (Å²) in [5.74, 6) is 0.299. The first-order valence-electron chi connectivity index (χ1n) is 12.0. The second-order valence-corrected chi connectivity index (χ2v) is 12.1. The van der Waals surface area contributed by atoms with Crippen LogP contribution in [-0.4, -0.2) is 38.7 Å². The molecule has 2 unspecified atom stereocenters. The first kappa shape index (κ1) is 24.2. The van der Waals surface area contributed by atoms with Crippen LogP contribution in [0.3, 0.4) is 0 Å². The molecule has 0 radical (unpaired) electrons. The third-order valence-electron chi connectivity index (χ3n) is 7.28. The van der Waals surface area contributed by atoms with E-state index in [4.69, 9.17) is 0 Å². The van der Waals surface area contributed by atoms with Gasteiger partial charge in [0.25, 0.3) is 0 Å². The Balaban J connectivity index is 1.41. The van der Waals surface area contributed by atoms with Gasteiger partial charge in [0.15, 0.2) is 5.16 Å². The zero-order valence-electron chi connectivity index (χ0n) is 20.2. The van der Waals surface area contributed by atoms with E-state index in [1.165, 1.54) is 17.8 Å². The summed E-state index contributed by atoms with van der Waals surface area (Å²) in [5, 5.41) is 0.560. The Labute approximate surface area is 207 Å². The molecule has 2 atom stereocenters. The summed E-state index contributed by atoms with van der Waals surface area (Å²) in [6, 6.07) is 13.7. The molecule has 5 rings (SSSR count). The summed E-state index contributed by atoms with van der Waals surface area (Å²) < 4.78 is 41.8. The lowest BCUT2D eigenvalue weighted by Gasteiger charge is -2.39. The van der Waals surface area contributed by atoms with Gasteiger partial charge in [-0.3, -0.25) is 4.79 Å². The van der Waals surface area contributed by atoms with Crippen LogP contribution in [0.5, 0.6) is 0 Å². The monoisotopic (exact) mass is 501 g/mol. The lowest BCUT2D eigenvalue weighted by Crippen LogP contribution is -2.38. The molecule has 35 heavy (non-hydrogen) atoms. The minimum Gasteiger partial charge on any atom is -0.338 e. The van der Waals surface area contributed by atoms with Crippen molar-refractivity contribution in [1.82, 2.24) is 14.5 Å². The summed E-state index contributed by atoms with van der Waals surface area (Å²) in [6.07, 6.45) is -1.27. The van der Waals surface area contributed by atoms with Gasteiger partial charge in [-0.05, 0) is 53.9 Å². The highest BCUT2D eigenvalue weighted by Crippen LogP contribution is 2.52. The molecule has 1 saturated heterocycles. The van der Waals surface area contributed by atoms with Crippen molar-refractivity contribution in [2.45, 2.75) is 64.0 Å². The summed E-state index contributed by atoms with van der Waals surface area (Å²) in [4.78, 5) is 19.9. The van der Waals surface area contributed by atoms with E-state index in [9.17, 15) is 18.0 Å². The van der Waals surface area contributed by atoms with Gasteiger partial charge in [-0.25, -0.2) is 4.98 Å².